The lowest BCUT2D eigenvalue weighted by Gasteiger charge is -2.19. The van der Waals surface area contributed by atoms with Crippen LogP contribution in [0.1, 0.15) is 11.1 Å². The lowest BCUT2D eigenvalue weighted by molar-refractivity contribution is 0.305. The van der Waals surface area contributed by atoms with E-state index in [0.29, 0.717) is 13.2 Å². The fourth-order valence-corrected chi connectivity index (χ4v) is 7.47. The van der Waals surface area contributed by atoms with E-state index in [0.717, 1.165) is 22.6 Å². The van der Waals surface area contributed by atoms with Crippen molar-refractivity contribution in [3.05, 3.63) is 124 Å². The van der Waals surface area contributed by atoms with Gasteiger partial charge >= 0.3 is 0 Å². The Morgan fingerprint density at radius 1 is 0.553 bits per heavy atom. The Labute approximate surface area is 238 Å². The topological polar surface area (TPSA) is 58.9 Å². The molecule has 0 spiro atoms. The Kier molecular flexibility index (Phi) is 6.91. The molecule has 0 bridgehead atoms. The van der Waals surface area contributed by atoms with Gasteiger partial charge in [0, 0.05) is 13.4 Å². The summed E-state index contributed by atoms with van der Waals surface area (Å²) in [6.45, 7) is 0.848. The third-order valence-electron chi connectivity index (χ3n) is 6.48. The molecule has 5 aromatic carbocycles. The maximum Gasteiger partial charge on any atom is 0.120 e. The zero-order chi connectivity index (χ0) is 26.1. The molecule has 5 aromatic rings. The van der Waals surface area contributed by atoms with Gasteiger partial charge in [-0.15, -0.1) is 0 Å². The Morgan fingerprint density at radius 2 is 1.00 bits per heavy atom. The van der Waals surface area contributed by atoms with E-state index in [1.807, 2.05) is 24.3 Å². The second-order valence-corrected chi connectivity index (χ2v) is 12.5. The molecule has 6 rings (SSSR count). The Balaban J connectivity index is 1.33. The largest absolute Gasteiger partial charge is 0.508 e. The van der Waals surface area contributed by atoms with E-state index >= 15 is 0 Å². The Morgan fingerprint density at radius 3 is 1.45 bits per heavy atom. The van der Waals surface area contributed by atoms with Crippen molar-refractivity contribution in [2.75, 3.05) is 0 Å². The summed E-state index contributed by atoms with van der Waals surface area (Å²) in [6.07, 6.45) is 0. The third-order valence-corrected chi connectivity index (χ3v) is 9.75. The van der Waals surface area contributed by atoms with Gasteiger partial charge in [0.25, 0.3) is 0 Å². The van der Waals surface area contributed by atoms with Crippen LogP contribution >= 0.6 is 33.5 Å². The molecule has 0 unspecified atom stereocenters. The lowest BCUT2D eigenvalue weighted by Crippen LogP contribution is -1.96. The normalized spacial score (nSPS) is 12.6. The minimum absolute atomic E-state index is 0.246. The summed E-state index contributed by atoms with van der Waals surface area (Å²) in [4.78, 5) is 3.93. The third kappa shape index (κ3) is 5.19. The number of aromatic hydroxyl groups is 2. The van der Waals surface area contributed by atoms with Gasteiger partial charge in [-0.05, 0) is 135 Å². The van der Waals surface area contributed by atoms with E-state index < -0.39 is 10.9 Å². The van der Waals surface area contributed by atoms with Crippen molar-refractivity contribution in [1.82, 2.24) is 0 Å². The van der Waals surface area contributed by atoms with Crippen molar-refractivity contribution in [2.24, 2.45) is 0 Å². The zero-order valence-electron chi connectivity index (χ0n) is 20.3. The molecule has 0 fully saturated rings. The van der Waals surface area contributed by atoms with Crippen LogP contribution in [-0.2, 0) is 13.2 Å². The molecular weight excluding hydrogens is 607 g/mol. The number of halogens is 1. The van der Waals surface area contributed by atoms with Gasteiger partial charge in [-0.3, -0.25) is 0 Å². The molecule has 190 valence electrons. The second kappa shape index (κ2) is 10.6. The number of benzene rings is 5. The van der Waals surface area contributed by atoms with Crippen molar-refractivity contribution in [3.8, 4) is 34.1 Å². The standard InChI is InChI=1S/C32H25IO4S/c33-23-5-13-28(14-6-23)38-31-15-11-26(36-19-21-1-7-24(34)8-2-21)17-29(31)30-18-27(12-16-32(30)38)37-20-22-3-9-25(35)10-4-22/h1-18,34-35,38H,19-20H2. The first-order valence-electron chi connectivity index (χ1n) is 12.2. The van der Waals surface area contributed by atoms with Crippen LogP contribution < -0.4 is 9.47 Å². The molecule has 1 aliphatic heterocycles. The van der Waals surface area contributed by atoms with Gasteiger partial charge < -0.3 is 19.7 Å². The lowest BCUT2D eigenvalue weighted by atomic mass is 10.1. The van der Waals surface area contributed by atoms with Gasteiger partial charge in [-0.2, -0.15) is 10.9 Å². The predicted octanol–water partition coefficient (Wildman–Crippen LogP) is 8.32. The number of hydrogen-bond donors (Lipinski definition) is 3. The molecule has 0 radical (unpaired) electrons. The van der Waals surface area contributed by atoms with E-state index in [1.165, 1.54) is 29.4 Å². The van der Waals surface area contributed by atoms with Crippen LogP contribution in [-0.4, -0.2) is 10.2 Å². The maximum atomic E-state index is 9.55. The number of phenolic OH excluding ortho intramolecular Hbond substituents is 2. The number of ether oxygens (including phenoxy) is 2. The molecule has 1 heterocycles. The molecular formula is C32H25IO4S. The molecule has 0 atom stereocenters. The summed E-state index contributed by atoms with van der Waals surface area (Å²) in [5, 5.41) is 19.1. The number of rotatable bonds is 7. The second-order valence-electron chi connectivity index (χ2n) is 9.08. The highest BCUT2D eigenvalue weighted by atomic mass is 127. The average Bonchev–Trinajstić information content (AvgIpc) is 3.26. The SMILES string of the molecule is Oc1ccc(COc2ccc3c(c2)-c2cc(OCc4ccc(O)cc4)ccc2[SH]3c2ccc(I)cc2)cc1. The van der Waals surface area contributed by atoms with Gasteiger partial charge in [0.05, 0.1) is 0 Å². The highest BCUT2D eigenvalue weighted by molar-refractivity contribution is 14.1. The van der Waals surface area contributed by atoms with Crippen molar-refractivity contribution >= 4 is 33.5 Å². The summed E-state index contributed by atoms with van der Waals surface area (Å²) in [5.41, 5.74) is 4.33. The van der Waals surface area contributed by atoms with E-state index in [1.54, 1.807) is 24.3 Å². The van der Waals surface area contributed by atoms with Crippen LogP contribution in [0, 0.1) is 3.57 Å². The minimum atomic E-state index is -0.693. The van der Waals surface area contributed by atoms with Crippen LogP contribution in [0.5, 0.6) is 23.0 Å². The summed E-state index contributed by atoms with van der Waals surface area (Å²) < 4.78 is 13.5. The first kappa shape index (κ1) is 24.7. The molecule has 1 aliphatic rings. The van der Waals surface area contributed by atoms with Crippen molar-refractivity contribution in [2.45, 2.75) is 27.9 Å². The molecule has 0 aliphatic carbocycles. The van der Waals surface area contributed by atoms with Crippen LogP contribution in [0.25, 0.3) is 11.1 Å². The van der Waals surface area contributed by atoms with Crippen molar-refractivity contribution < 1.29 is 19.7 Å². The number of phenols is 2. The van der Waals surface area contributed by atoms with E-state index in [2.05, 4.69) is 83.3 Å². The number of hydrogen-bond acceptors (Lipinski definition) is 4. The van der Waals surface area contributed by atoms with Crippen molar-refractivity contribution in [1.29, 1.82) is 0 Å². The average molecular weight is 633 g/mol. The summed E-state index contributed by atoms with van der Waals surface area (Å²) in [5.74, 6) is 2.10. The molecule has 0 aromatic heterocycles. The van der Waals surface area contributed by atoms with E-state index in [4.69, 9.17) is 9.47 Å². The fourth-order valence-electron chi connectivity index (χ4n) is 4.55. The molecule has 0 saturated carbocycles. The maximum absolute atomic E-state index is 9.55. The Bertz CT molecular complexity index is 1480. The van der Waals surface area contributed by atoms with Gasteiger partial charge in [0.1, 0.15) is 36.2 Å². The van der Waals surface area contributed by atoms with Crippen molar-refractivity contribution in [3.63, 3.8) is 0 Å². The highest BCUT2D eigenvalue weighted by Crippen LogP contribution is 2.63. The van der Waals surface area contributed by atoms with Gasteiger partial charge in [0.15, 0.2) is 0 Å². The smallest absolute Gasteiger partial charge is 0.120 e. The first-order chi connectivity index (χ1) is 18.5. The summed E-state index contributed by atoms with van der Waals surface area (Å²) in [7, 11) is -0.693. The monoisotopic (exact) mass is 632 g/mol. The van der Waals surface area contributed by atoms with Crippen LogP contribution in [0.2, 0.25) is 0 Å². The van der Waals surface area contributed by atoms with E-state index in [9.17, 15) is 10.2 Å². The first-order valence-corrected chi connectivity index (χ1v) is 14.6. The van der Waals surface area contributed by atoms with Gasteiger partial charge in [-0.25, -0.2) is 0 Å². The minimum Gasteiger partial charge on any atom is -0.508 e. The van der Waals surface area contributed by atoms with Gasteiger partial charge in [0.2, 0.25) is 0 Å². The van der Waals surface area contributed by atoms with Gasteiger partial charge in [-0.1, -0.05) is 24.3 Å². The fraction of sp³-hybridized carbons (Fsp3) is 0.0625. The number of thiol groups is 1. The highest BCUT2D eigenvalue weighted by Gasteiger charge is 2.28. The molecule has 6 heteroatoms. The summed E-state index contributed by atoms with van der Waals surface area (Å²) >= 11 is 2.35. The molecule has 4 nitrogen and oxygen atoms in total. The molecule has 0 amide bonds. The van der Waals surface area contributed by atoms with Crippen LogP contribution in [0.4, 0.5) is 0 Å². The molecule has 38 heavy (non-hydrogen) atoms. The number of fused-ring (bicyclic) bond motifs is 3. The van der Waals surface area contributed by atoms with E-state index in [-0.39, 0.29) is 11.5 Å². The quantitative estimate of drug-likeness (QED) is 0.122. The van der Waals surface area contributed by atoms with Crippen LogP contribution in [0.15, 0.2) is 124 Å². The predicted molar refractivity (Wildman–Crippen MR) is 160 cm³/mol. The zero-order valence-corrected chi connectivity index (χ0v) is 23.4. The summed E-state index contributed by atoms with van der Waals surface area (Å²) in [6, 6.07) is 35.7. The van der Waals surface area contributed by atoms with Crippen LogP contribution in [0.3, 0.4) is 0 Å². The molecule has 2 N–H and O–H groups in total. The Hall–Kier alpha value is -3.62. The molecule has 0 saturated heterocycles.